The highest BCUT2D eigenvalue weighted by atomic mass is 32.2. The topological polar surface area (TPSA) is 106 Å². The number of nitrogens with zero attached hydrogens (tertiary/aromatic N) is 3. The maximum absolute atomic E-state index is 11.3. The van der Waals surface area contributed by atoms with Crippen molar-refractivity contribution in [3.8, 4) is 11.1 Å². The lowest BCUT2D eigenvalue weighted by Gasteiger charge is -2.35. The lowest BCUT2D eigenvalue weighted by molar-refractivity contribution is 0.114. The molecule has 1 fully saturated rings. The van der Waals surface area contributed by atoms with Gasteiger partial charge in [-0.25, -0.2) is 18.9 Å². The first-order valence-electron chi connectivity index (χ1n) is 8.95. The third kappa shape index (κ3) is 3.47. The molecule has 0 spiro atoms. The molecule has 0 saturated heterocycles. The molecule has 1 aromatic carbocycles. The predicted octanol–water partition coefficient (Wildman–Crippen LogP) is 2.01. The van der Waals surface area contributed by atoms with E-state index in [1.54, 1.807) is 6.26 Å². The molecule has 7 nitrogen and oxygen atoms in total. The molecule has 1 unspecified atom stereocenters. The highest BCUT2D eigenvalue weighted by Crippen LogP contribution is 2.42. The average molecular weight is 385 g/mol. The fraction of sp³-hybridized carbons (Fsp3) is 0.368. The maximum Gasteiger partial charge on any atom is 0.146 e. The van der Waals surface area contributed by atoms with Crippen LogP contribution >= 0.6 is 0 Å². The molecule has 0 amide bonds. The first-order valence-corrected chi connectivity index (χ1v) is 10.5. The number of hydrogen-bond donors (Lipinski definition) is 3. The molecule has 1 aliphatic carbocycles. The number of nitrogen functional groups attached to an aromatic ring is 1. The Bertz CT molecular complexity index is 997. The van der Waals surface area contributed by atoms with Crippen LogP contribution in [0.15, 0.2) is 36.8 Å². The van der Waals surface area contributed by atoms with Crippen molar-refractivity contribution in [2.75, 3.05) is 18.6 Å². The molecule has 0 bridgehead atoms. The summed E-state index contributed by atoms with van der Waals surface area (Å²) in [5.74, 6) is 0.823. The lowest BCUT2D eigenvalue weighted by atomic mass is 9.81. The van der Waals surface area contributed by atoms with Crippen molar-refractivity contribution in [3.63, 3.8) is 0 Å². The van der Waals surface area contributed by atoms with Gasteiger partial charge in [-0.2, -0.15) is 0 Å². The Morgan fingerprint density at radius 2 is 2.19 bits per heavy atom. The predicted molar refractivity (Wildman–Crippen MR) is 107 cm³/mol. The molecule has 2 heterocycles. The number of nitrogens with two attached hydrogens (primary N) is 1. The SMILES string of the molecule is CS(=O)NCc1cccc(-c2cn(C3CC(CO)C3)c3ncnc(N)c23)c1. The zero-order valence-electron chi connectivity index (χ0n) is 15.1. The van der Waals surface area contributed by atoms with Crippen LogP contribution < -0.4 is 10.5 Å². The number of benzene rings is 1. The summed E-state index contributed by atoms with van der Waals surface area (Å²) in [4.78, 5) is 8.66. The first-order chi connectivity index (χ1) is 13.1. The van der Waals surface area contributed by atoms with Crippen LogP contribution in [-0.4, -0.2) is 36.7 Å². The van der Waals surface area contributed by atoms with E-state index in [1.807, 2.05) is 18.2 Å². The van der Waals surface area contributed by atoms with Gasteiger partial charge in [0.15, 0.2) is 0 Å². The zero-order valence-corrected chi connectivity index (χ0v) is 15.9. The van der Waals surface area contributed by atoms with E-state index in [-0.39, 0.29) is 6.61 Å². The first kappa shape index (κ1) is 18.1. The summed E-state index contributed by atoms with van der Waals surface area (Å²) in [5, 5.41) is 10.2. The Hall–Kier alpha value is -2.29. The van der Waals surface area contributed by atoms with Crippen LogP contribution in [0.5, 0.6) is 0 Å². The van der Waals surface area contributed by atoms with E-state index < -0.39 is 11.0 Å². The largest absolute Gasteiger partial charge is 0.396 e. The van der Waals surface area contributed by atoms with E-state index in [0.717, 1.165) is 40.6 Å². The second-order valence-corrected chi connectivity index (χ2v) is 8.25. The molecule has 27 heavy (non-hydrogen) atoms. The molecular weight excluding hydrogens is 362 g/mol. The van der Waals surface area contributed by atoms with E-state index in [2.05, 4.69) is 31.5 Å². The molecule has 2 aromatic heterocycles. The van der Waals surface area contributed by atoms with Crippen LogP contribution in [0.1, 0.15) is 24.4 Å². The van der Waals surface area contributed by atoms with Crippen LogP contribution in [-0.2, 0) is 17.5 Å². The summed E-state index contributed by atoms with van der Waals surface area (Å²) in [6.45, 7) is 0.760. The van der Waals surface area contributed by atoms with E-state index in [4.69, 9.17) is 5.73 Å². The zero-order chi connectivity index (χ0) is 19.0. The Balaban J connectivity index is 1.76. The van der Waals surface area contributed by atoms with E-state index in [1.165, 1.54) is 6.33 Å². The fourth-order valence-electron chi connectivity index (χ4n) is 3.72. The molecule has 4 N–H and O–H groups in total. The average Bonchev–Trinajstić information content (AvgIpc) is 3.00. The Morgan fingerprint density at radius 1 is 1.37 bits per heavy atom. The molecule has 0 aliphatic heterocycles. The number of aliphatic hydroxyl groups excluding tert-OH is 1. The van der Waals surface area contributed by atoms with Crippen molar-refractivity contribution in [3.05, 3.63) is 42.4 Å². The highest BCUT2D eigenvalue weighted by Gasteiger charge is 2.31. The number of rotatable bonds is 6. The number of anilines is 1. The van der Waals surface area contributed by atoms with Gasteiger partial charge in [0.25, 0.3) is 0 Å². The Morgan fingerprint density at radius 3 is 2.93 bits per heavy atom. The standard InChI is InChI=1S/C19H23N5O2S/c1-27(26)23-8-12-3-2-4-14(5-12)16-9-24(15-6-13(7-15)10-25)19-17(16)18(20)21-11-22-19/h2-5,9,11,13,15,23,25H,6-8,10H2,1H3,(H2,20,21,22). The van der Waals surface area contributed by atoms with Crippen LogP contribution in [0.2, 0.25) is 0 Å². The number of aliphatic hydroxyl groups is 1. The van der Waals surface area contributed by atoms with Gasteiger partial charge < -0.3 is 15.4 Å². The summed E-state index contributed by atoms with van der Waals surface area (Å²) in [7, 11) is -1.06. The minimum atomic E-state index is -1.06. The van der Waals surface area contributed by atoms with E-state index >= 15 is 0 Å². The van der Waals surface area contributed by atoms with Gasteiger partial charge in [0.05, 0.1) is 16.4 Å². The lowest BCUT2D eigenvalue weighted by Crippen LogP contribution is -2.28. The smallest absolute Gasteiger partial charge is 0.146 e. The summed E-state index contributed by atoms with van der Waals surface area (Å²) < 4.78 is 16.4. The number of hydrogen-bond acceptors (Lipinski definition) is 5. The molecule has 4 rings (SSSR count). The van der Waals surface area contributed by atoms with Gasteiger partial charge in [0, 0.05) is 37.2 Å². The molecule has 142 valence electrons. The molecule has 1 saturated carbocycles. The second-order valence-electron chi connectivity index (χ2n) is 7.06. The third-order valence-corrected chi connectivity index (χ3v) is 5.77. The minimum absolute atomic E-state index is 0.230. The van der Waals surface area contributed by atoms with Gasteiger partial charge in [-0.05, 0) is 36.0 Å². The molecule has 3 aromatic rings. The summed E-state index contributed by atoms with van der Waals surface area (Å²) in [6.07, 6.45) is 7.09. The van der Waals surface area contributed by atoms with Crippen molar-refractivity contribution in [2.45, 2.75) is 25.4 Å². The number of nitrogens with one attached hydrogen (secondary N) is 1. The monoisotopic (exact) mass is 385 g/mol. The molecule has 1 aliphatic rings. The van der Waals surface area contributed by atoms with Crippen LogP contribution in [0.3, 0.4) is 0 Å². The van der Waals surface area contributed by atoms with E-state index in [9.17, 15) is 9.32 Å². The molecule has 8 heteroatoms. The highest BCUT2D eigenvalue weighted by molar-refractivity contribution is 7.82. The second kappa shape index (κ2) is 7.38. The van der Waals surface area contributed by atoms with Crippen molar-refractivity contribution in [2.24, 2.45) is 5.92 Å². The summed E-state index contributed by atoms with van der Waals surface area (Å²) in [5.41, 5.74) is 10.1. The fourth-order valence-corrected chi connectivity index (χ4v) is 4.09. The van der Waals surface area contributed by atoms with Crippen LogP contribution in [0.4, 0.5) is 5.82 Å². The van der Waals surface area contributed by atoms with E-state index in [0.29, 0.717) is 24.3 Å². The quantitative estimate of drug-likeness (QED) is 0.602. The van der Waals surface area contributed by atoms with Crippen molar-refractivity contribution < 1.29 is 9.32 Å². The van der Waals surface area contributed by atoms with Gasteiger partial charge in [-0.3, -0.25) is 0 Å². The molecular formula is C19H23N5O2S. The normalized spacial score (nSPS) is 20.5. The van der Waals surface area contributed by atoms with Gasteiger partial charge in [0.2, 0.25) is 0 Å². The van der Waals surface area contributed by atoms with Crippen molar-refractivity contribution >= 4 is 27.8 Å². The van der Waals surface area contributed by atoms with Gasteiger partial charge in [-0.1, -0.05) is 18.2 Å². The Labute approximate surface area is 160 Å². The third-order valence-electron chi connectivity index (χ3n) is 5.22. The summed E-state index contributed by atoms with van der Waals surface area (Å²) in [6, 6.07) is 8.41. The van der Waals surface area contributed by atoms with Crippen molar-refractivity contribution in [1.82, 2.24) is 19.3 Å². The molecule has 1 atom stereocenters. The van der Waals surface area contributed by atoms with Gasteiger partial charge in [-0.15, -0.1) is 0 Å². The van der Waals surface area contributed by atoms with Gasteiger partial charge in [0.1, 0.15) is 17.8 Å². The summed E-state index contributed by atoms with van der Waals surface area (Å²) >= 11 is 0. The van der Waals surface area contributed by atoms with Gasteiger partial charge >= 0.3 is 0 Å². The molecule has 0 radical (unpaired) electrons. The Kier molecular flexibility index (Phi) is 4.94. The number of aromatic nitrogens is 3. The number of fused-ring (bicyclic) bond motifs is 1. The maximum atomic E-state index is 11.3. The minimum Gasteiger partial charge on any atom is -0.396 e. The van der Waals surface area contributed by atoms with Crippen molar-refractivity contribution in [1.29, 1.82) is 0 Å². The van der Waals surface area contributed by atoms with Crippen LogP contribution in [0.25, 0.3) is 22.2 Å². The van der Waals surface area contributed by atoms with Crippen LogP contribution in [0, 0.1) is 5.92 Å².